The predicted octanol–water partition coefficient (Wildman–Crippen LogP) is 2.01. The number of benzene rings is 1. The fourth-order valence-corrected chi connectivity index (χ4v) is 1.40. The van der Waals surface area contributed by atoms with Crippen LogP contribution in [-0.4, -0.2) is 13.2 Å². The molecule has 0 aliphatic heterocycles. The molecular weight excluding hydrogens is 188 g/mol. The standard InChI is InChI=1S/C12H16N2O/c1-3-15-12-5-4-11(8-10(12)2)9-14-7-6-13/h4-5,8,14H,3,7,9H2,1-2H3. The Morgan fingerprint density at radius 2 is 2.27 bits per heavy atom. The van der Waals surface area contributed by atoms with Crippen LogP contribution in [0.4, 0.5) is 0 Å². The van der Waals surface area contributed by atoms with E-state index in [-0.39, 0.29) is 0 Å². The van der Waals surface area contributed by atoms with Crippen LogP contribution in [0.25, 0.3) is 0 Å². The van der Waals surface area contributed by atoms with E-state index in [0.717, 1.165) is 17.9 Å². The summed E-state index contributed by atoms with van der Waals surface area (Å²) in [6.07, 6.45) is 0. The van der Waals surface area contributed by atoms with Gasteiger partial charge in [0.05, 0.1) is 19.2 Å². The maximum atomic E-state index is 8.38. The van der Waals surface area contributed by atoms with E-state index < -0.39 is 0 Å². The van der Waals surface area contributed by atoms with Gasteiger partial charge in [-0.25, -0.2) is 0 Å². The molecule has 0 aliphatic rings. The number of nitriles is 1. The molecule has 1 N–H and O–H groups in total. The Kier molecular flexibility index (Phi) is 4.65. The first-order chi connectivity index (χ1) is 7.27. The Hall–Kier alpha value is -1.53. The molecule has 0 unspecified atom stereocenters. The van der Waals surface area contributed by atoms with Gasteiger partial charge in [0.2, 0.25) is 0 Å². The minimum absolute atomic E-state index is 0.381. The highest BCUT2D eigenvalue weighted by Crippen LogP contribution is 2.18. The highest BCUT2D eigenvalue weighted by Gasteiger charge is 1.99. The maximum absolute atomic E-state index is 8.38. The van der Waals surface area contributed by atoms with Crippen LogP contribution in [-0.2, 0) is 6.54 Å². The topological polar surface area (TPSA) is 45.0 Å². The van der Waals surface area contributed by atoms with Crippen LogP contribution in [0.3, 0.4) is 0 Å². The minimum Gasteiger partial charge on any atom is -0.494 e. The molecule has 80 valence electrons. The van der Waals surface area contributed by atoms with Crippen molar-refractivity contribution in [1.82, 2.24) is 5.32 Å². The van der Waals surface area contributed by atoms with E-state index in [2.05, 4.69) is 11.4 Å². The third-order valence-electron chi connectivity index (χ3n) is 2.07. The van der Waals surface area contributed by atoms with Crippen LogP contribution >= 0.6 is 0 Å². The molecule has 3 heteroatoms. The van der Waals surface area contributed by atoms with Crippen molar-refractivity contribution in [3.8, 4) is 11.8 Å². The van der Waals surface area contributed by atoms with Crippen LogP contribution in [0.5, 0.6) is 5.75 Å². The number of hydrogen-bond donors (Lipinski definition) is 1. The molecule has 0 saturated heterocycles. The van der Waals surface area contributed by atoms with Crippen molar-refractivity contribution in [1.29, 1.82) is 5.26 Å². The molecule has 0 aromatic heterocycles. The zero-order valence-corrected chi connectivity index (χ0v) is 9.21. The Morgan fingerprint density at radius 3 is 2.87 bits per heavy atom. The van der Waals surface area contributed by atoms with Crippen molar-refractivity contribution in [2.75, 3.05) is 13.2 Å². The SMILES string of the molecule is CCOc1ccc(CNCC#N)cc1C. The molecule has 0 atom stereocenters. The molecule has 1 rings (SSSR count). The molecule has 0 fully saturated rings. The molecule has 3 nitrogen and oxygen atoms in total. The van der Waals surface area contributed by atoms with Crippen LogP contribution < -0.4 is 10.1 Å². The molecule has 0 spiro atoms. The monoisotopic (exact) mass is 204 g/mol. The fourth-order valence-electron chi connectivity index (χ4n) is 1.40. The summed E-state index contributed by atoms with van der Waals surface area (Å²) in [7, 11) is 0. The van der Waals surface area contributed by atoms with Gasteiger partial charge in [-0.3, -0.25) is 0 Å². The highest BCUT2D eigenvalue weighted by atomic mass is 16.5. The molecule has 1 aromatic rings. The Bertz CT molecular complexity index is 355. The lowest BCUT2D eigenvalue weighted by molar-refractivity contribution is 0.338. The van der Waals surface area contributed by atoms with E-state index in [1.807, 2.05) is 32.0 Å². The molecule has 0 amide bonds. The van der Waals surface area contributed by atoms with Crippen molar-refractivity contribution >= 4 is 0 Å². The van der Waals surface area contributed by atoms with Gasteiger partial charge in [-0.1, -0.05) is 12.1 Å². The molecule has 0 bridgehead atoms. The summed E-state index contributed by atoms with van der Waals surface area (Å²) >= 11 is 0. The first kappa shape index (κ1) is 11.5. The van der Waals surface area contributed by atoms with Gasteiger partial charge in [0.25, 0.3) is 0 Å². The maximum Gasteiger partial charge on any atom is 0.122 e. The van der Waals surface area contributed by atoms with E-state index in [1.54, 1.807) is 0 Å². The smallest absolute Gasteiger partial charge is 0.122 e. The van der Waals surface area contributed by atoms with Crippen LogP contribution in [0.1, 0.15) is 18.1 Å². The Balaban J connectivity index is 2.61. The fraction of sp³-hybridized carbons (Fsp3) is 0.417. The zero-order valence-electron chi connectivity index (χ0n) is 9.21. The van der Waals surface area contributed by atoms with E-state index in [9.17, 15) is 0 Å². The average molecular weight is 204 g/mol. The van der Waals surface area contributed by atoms with Crippen molar-refractivity contribution < 1.29 is 4.74 Å². The molecule has 1 aromatic carbocycles. The van der Waals surface area contributed by atoms with E-state index >= 15 is 0 Å². The number of rotatable bonds is 5. The quantitative estimate of drug-likeness (QED) is 0.589. The van der Waals surface area contributed by atoms with Gasteiger partial charge in [0.1, 0.15) is 5.75 Å². The number of hydrogen-bond acceptors (Lipinski definition) is 3. The van der Waals surface area contributed by atoms with Gasteiger partial charge in [-0.2, -0.15) is 5.26 Å². The highest BCUT2D eigenvalue weighted by molar-refractivity contribution is 5.36. The van der Waals surface area contributed by atoms with Gasteiger partial charge in [0, 0.05) is 6.54 Å². The summed E-state index contributed by atoms with van der Waals surface area (Å²) in [5, 5.41) is 11.4. The first-order valence-electron chi connectivity index (χ1n) is 5.08. The van der Waals surface area contributed by atoms with Gasteiger partial charge in [0.15, 0.2) is 0 Å². The number of nitrogens with zero attached hydrogens (tertiary/aromatic N) is 1. The second-order valence-corrected chi connectivity index (χ2v) is 3.29. The second kappa shape index (κ2) is 6.05. The molecule has 0 radical (unpaired) electrons. The predicted molar refractivity (Wildman–Crippen MR) is 59.7 cm³/mol. The molecule has 15 heavy (non-hydrogen) atoms. The van der Waals surface area contributed by atoms with Gasteiger partial charge < -0.3 is 10.1 Å². The van der Waals surface area contributed by atoms with Crippen LogP contribution in [0, 0.1) is 18.3 Å². The summed E-state index contributed by atoms with van der Waals surface area (Å²) < 4.78 is 5.44. The van der Waals surface area contributed by atoms with Gasteiger partial charge in [-0.15, -0.1) is 0 Å². The summed E-state index contributed by atoms with van der Waals surface area (Å²) in [5.41, 5.74) is 2.30. The van der Waals surface area contributed by atoms with Crippen molar-refractivity contribution in [2.24, 2.45) is 0 Å². The Morgan fingerprint density at radius 1 is 1.47 bits per heavy atom. The summed E-state index contributed by atoms with van der Waals surface area (Å²) in [6, 6.07) is 8.12. The summed E-state index contributed by atoms with van der Waals surface area (Å²) in [4.78, 5) is 0. The lowest BCUT2D eigenvalue weighted by atomic mass is 10.1. The van der Waals surface area contributed by atoms with Crippen molar-refractivity contribution in [2.45, 2.75) is 20.4 Å². The second-order valence-electron chi connectivity index (χ2n) is 3.29. The third-order valence-corrected chi connectivity index (χ3v) is 2.07. The van der Waals surface area contributed by atoms with Gasteiger partial charge >= 0.3 is 0 Å². The largest absolute Gasteiger partial charge is 0.494 e. The number of aryl methyl sites for hydroxylation is 1. The van der Waals surface area contributed by atoms with Crippen LogP contribution in [0.15, 0.2) is 18.2 Å². The molecule has 0 saturated carbocycles. The van der Waals surface area contributed by atoms with Crippen LogP contribution in [0.2, 0.25) is 0 Å². The van der Waals surface area contributed by atoms with Gasteiger partial charge in [-0.05, 0) is 31.0 Å². The van der Waals surface area contributed by atoms with Crippen molar-refractivity contribution in [3.05, 3.63) is 29.3 Å². The molecule has 0 heterocycles. The lowest BCUT2D eigenvalue weighted by Gasteiger charge is -2.08. The summed E-state index contributed by atoms with van der Waals surface area (Å²) in [6.45, 7) is 5.79. The molecule has 0 aliphatic carbocycles. The number of ether oxygens (including phenoxy) is 1. The molecular formula is C12H16N2O. The normalized spacial score (nSPS) is 9.67. The Labute approximate surface area is 90.7 Å². The van der Waals surface area contributed by atoms with E-state index in [1.165, 1.54) is 5.56 Å². The lowest BCUT2D eigenvalue weighted by Crippen LogP contribution is -2.13. The zero-order chi connectivity index (χ0) is 11.1. The first-order valence-corrected chi connectivity index (χ1v) is 5.08. The average Bonchev–Trinajstić information content (AvgIpc) is 2.23. The van der Waals surface area contributed by atoms with E-state index in [0.29, 0.717) is 13.2 Å². The van der Waals surface area contributed by atoms with E-state index in [4.69, 9.17) is 10.00 Å². The van der Waals surface area contributed by atoms with Crippen molar-refractivity contribution in [3.63, 3.8) is 0 Å². The number of nitrogens with one attached hydrogen (secondary N) is 1. The third kappa shape index (κ3) is 3.61. The minimum atomic E-state index is 0.381. The summed E-state index contributed by atoms with van der Waals surface area (Å²) in [5.74, 6) is 0.932.